The van der Waals surface area contributed by atoms with Crippen LogP contribution in [0.1, 0.15) is 30.9 Å². The van der Waals surface area contributed by atoms with E-state index in [0.29, 0.717) is 22.5 Å². The van der Waals surface area contributed by atoms with Crippen LogP contribution in [0.25, 0.3) is 16.9 Å². The van der Waals surface area contributed by atoms with E-state index >= 15 is 0 Å². The Morgan fingerprint density at radius 2 is 2.19 bits per heavy atom. The number of nitrogens with one attached hydrogen (secondary N) is 1. The van der Waals surface area contributed by atoms with E-state index in [9.17, 15) is 4.79 Å². The molecule has 21 heavy (non-hydrogen) atoms. The highest BCUT2D eigenvalue weighted by Gasteiger charge is 2.20. The van der Waals surface area contributed by atoms with Crippen molar-refractivity contribution in [2.24, 2.45) is 7.05 Å². The van der Waals surface area contributed by atoms with Crippen molar-refractivity contribution in [1.29, 1.82) is 5.26 Å². The Hall–Kier alpha value is -2.81. The molecule has 0 saturated heterocycles. The predicted octanol–water partition coefficient (Wildman–Crippen LogP) is 2.02. The van der Waals surface area contributed by atoms with E-state index in [1.807, 2.05) is 43.9 Å². The standard InChI is InChI=1S/C15H15N5O/c1-9(2)12-13(10-4-5-19(3)8-10)18-14-11(6-16)7-17-20(14)15(12)21/h4-5,7-9,17H,1-3H3. The molecule has 0 aromatic carbocycles. The second-order valence-electron chi connectivity index (χ2n) is 5.36. The predicted molar refractivity (Wildman–Crippen MR) is 79.0 cm³/mol. The summed E-state index contributed by atoms with van der Waals surface area (Å²) in [5, 5.41) is 11.9. The monoisotopic (exact) mass is 281 g/mol. The van der Waals surface area contributed by atoms with Gasteiger partial charge in [0.2, 0.25) is 0 Å². The van der Waals surface area contributed by atoms with Gasteiger partial charge in [-0.1, -0.05) is 13.8 Å². The Balaban J connectivity index is 2.44. The fourth-order valence-electron chi connectivity index (χ4n) is 2.49. The third kappa shape index (κ3) is 1.94. The smallest absolute Gasteiger partial charge is 0.276 e. The van der Waals surface area contributed by atoms with Crippen LogP contribution < -0.4 is 5.56 Å². The first kappa shape index (κ1) is 13.2. The normalized spacial score (nSPS) is 11.2. The number of aromatic amines is 1. The minimum absolute atomic E-state index is 0.0333. The molecule has 0 atom stereocenters. The Morgan fingerprint density at radius 1 is 1.43 bits per heavy atom. The summed E-state index contributed by atoms with van der Waals surface area (Å²) in [5.41, 5.74) is 2.74. The number of rotatable bonds is 2. The van der Waals surface area contributed by atoms with Gasteiger partial charge in [0, 0.05) is 36.8 Å². The number of hydrogen-bond acceptors (Lipinski definition) is 3. The van der Waals surface area contributed by atoms with E-state index in [0.717, 1.165) is 5.56 Å². The SMILES string of the molecule is CC(C)c1c(-c2ccn(C)c2)nc2c(C#N)c[nH]n2c1=O. The van der Waals surface area contributed by atoms with Crippen molar-refractivity contribution in [3.63, 3.8) is 0 Å². The first-order valence-corrected chi connectivity index (χ1v) is 6.69. The van der Waals surface area contributed by atoms with Crippen LogP contribution in [0.15, 0.2) is 29.5 Å². The van der Waals surface area contributed by atoms with E-state index in [4.69, 9.17) is 5.26 Å². The maximum atomic E-state index is 12.7. The van der Waals surface area contributed by atoms with E-state index in [1.54, 1.807) is 0 Å². The van der Waals surface area contributed by atoms with Gasteiger partial charge in [-0.25, -0.2) is 9.50 Å². The molecule has 0 saturated carbocycles. The molecule has 0 bridgehead atoms. The fourth-order valence-corrected chi connectivity index (χ4v) is 2.49. The molecule has 0 amide bonds. The Morgan fingerprint density at radius 3 is 2.76 bits per heavy atom. The highest BCUT2D eigenvalue weighted by molar-refractivity contribution is 5.67. The molecule has 0 unspecified atom stereocenters. The Labute approximate surface area is 121 Å². The quantitative estimate of drug-likeness (QED) is 0.780. The van der Waals surface area contributed by atoms with Crippen LogP contribution in [0, 0.1) is 11.3 Å². The molecule has 1 N–H and O–H groups in total. The summed E-state index contributed by atoms with van der Waals surface area (Å²) in [7, 11) is 1.92. The summed E-state index contributed by atoms with van der Waals surface area (Å²) in [5.74, 6) is 0.0333. The number of H-pyrrole nitrogens is 1. The molecule has 3 aromatic heterocycles. The van der Waals surface area contributed by atoms with Gasteiger partial charge >= 0.3 is 0 Å². The molecule has 0 radical (unpaired) electrons. The molecular weight excluding hydrogens is 266 g/mol. The second kappa shape index (κ2) is 4.63. The zero-order valence-corrected chi connectivity index (χ0v) is 12.1. The lowest BCUT2D eigenvalue weighted by molar-refractivity contribution is 0.797. The van der Waals surface area contributed by atoms with Gasteiger partial charge in [0.25, 0.3) is 5.56 Å². The molecule has 0 aliphatic carbocycles. The minimum atomic E-state index is -0.157. The number of nitriles is 1. The van der Waals surface area contributed by atoms with Crippen LogP contribution in [0.2, 0.25) is 0 Å². The average Bonchev–Trinajstić information content (AvgIpc) is 3.03. The number of fused-ring (bicyclic) bond motifs is 1. The van der Waals surface area contributed by atoms with E-state index in [1.165, 1.54) is 10.7 Å². The molecule has 0 aliphatic rings. The van der Waals surface area contributed by atoms with Gasteiger partial charge in [0.15, 0.2) is 5.65 Å². The van der Waals surface area contributed by atoms with Crippen molar-refractivity contribution in [2.45, 2.75) is 19.8 Å². The third-order valence-electron chi connectivity index (χ3n) is 3.50. The van der Waals surface area contributed by atoms with Crippen molar-refractivity contribution in [2.75, 3.05) is 0 Å². The van der Waals surface area contributed by atoms with Gasteiger partial charge in [0.05, 0.1) is 5.69 Å². The largest absolute Gasteiger partial charge is 0.357 e. The summed E-state index contributed by atoms with van der Waals surface area (Å²) < 4.78 is 3.24. The Kier molecular flexibility index (Phi) is 2.91. The number of aromatic nitrogens is 4. The zero-order valence-electron chi connectivity index (χ0n) is 12.1. The molecule has 3 rings (SSSR count). The maximum Gasteiger partial charge on any atom is 0.276 e. The molecular formula is C15H15N5O. The molecule has 0 fully saturated rings. The molecule has 6 nitrogen and oxygen atoms in total. The maximum absolute atomic E-state index is 12.7. The third-order valence-corrected chi connectivity index (χ3v) is 3.50. The molecule has 3 aromatic rings. The molecule has 0 aliphatic heterocycles. The van der Waals surface area contributed by atoms with Gasteiger partial charge in [-0.2, -0.15) is 5.26 Å². The summed E-state index contributed by atoms with van der Waals surface area (Å²) in [6.45, 7) is 3.93. The topological polar surface area (TPSA) is 78.9 Å². The van der Waals surface area contributed by atoms with Gasteiger partial charge < -0.3 is 4.57 Å². The van der Waals surface area contributed by atoms with Crippen LogP contribution in [0.3, 0.4) is 0 Å². The number of nitrogens with zero attached hydrogens (tertiary/aromatic N) is 4. The first-order chi connectivity index (χ1) is 10.0. The zero-order chi connectivity index (χ0) is 15.1. The number of hydrogen-bond donors (Lipinski definition) is 1. The van der Waals surface area contributed by atoms with E-state index in [2.05, 4.69) is 16.2 Å². The van der Waals surface area contributed by atoms with Crippen molar-refractivity contribution in [3.05, 3.63) is 46.1 Å². The van der Waals surface area contributed by atoms with E-state index < -0.39 is 0 Å². The van der Waals surface area contributed by atoms with E-state index in [-0.39, 0.29) is 11.5 Å². The summed E-state index contributed by atoms with van der Waals surface area (Å²) >= 11 is 0. The second-order valence-corrected chi connectivity index (χ2v) is 5.36. The highest BCUT2D eigenvalue weighted by Crippen LogP contribution is 2.26. The first-order valence-electron chi connectivity index (χ1n) is 6.69. The van der Waals surface area contributed by atoms with Crippen LogP contribution >= 0.6 is 0 Å². The average molecular weight is 281 g/mol. The van der Waals surface area contributed by atoms with Crippen molar-refractivity contribution < 1.29 is 0 Å². The Bertz CT molecular complexity index is 920. The van der Waals surface area contributed by atoms with Crippen LogP contribution in [-0.2, 0) is 7.05 Å². The summed E-state index contributed by atoms with van der Waals surface area (Å²) in [6.07, 6.45) is 5.33. The highest BCUT2D eigenvalue weighted by atomic mass is 16.1. The van der Waals surface area contributed by atoms with Gasteiger partial charge in [-0.15, -0.1) is 0 Å². The molecule has 0 spiro atoms. The fraction of sp³-hybridized carbons (Fsp3) is 0.267. The lowest BCUT2D eigenvalue weighted by Crippen LogP contribution is -2.22. The van der Waals surface area contributed by atoms with Crippen molar-refractivity contribution >= 4 is 5.65 Å². The van der Waals surface area contributed by atoms with Crippen molar-refractivity contribution in [3.8, 4) is 17.3 Å². The van der Waals surface area contributed by atoms with Gasteiger partial charge in [-0.3, -0.25) is 9.89 Å². The molecule has 106 valence electrons. The van der Waals surface area contributed by atoms with Gasteiger partial charge in [0.1, 0.15) is 11.6 Å². The lowest BCUT2D eigenvalue weighted by Gasteiger charge is -2.10. The van der Waals surface area contributed by atoms with Gasteiger partial charge in [-0.05, 0) is 12.0 Å². The van der Waals surface area contributed by atoms with Crippen LogP contribution in [0.5, 0.6) is 0 Å². The molecule has 3 heterocycles. The number of aryl methyl sites for hydroxylation is 1. The molecule has 6 heteroatoms. The minimum Gasteiger partial charge on any atom is -0.357 e. The summed E-state index contributed by atoms with van der Waals surface area (Å²) in [4.78, 5) is 17.2. The van der Waals surface area contributed by atoms with Crippen LogP contribution in [-0.4, -0.2) is 19.2 Å². The van der Waals surface area contributed by atoms with Crippen LogP contribution in [0.4, 0.5) is 0 Å². The summed E-state index contributed by atoms with van der Waals surface area (Å²) in [6, 6.07) is 3.97. The van der Waals surface area contributed by atoms with Crippen molar-refractivity contribution in [1.82, 2.24) is 19.2 Å². The lowest BCUT2D eigenvalue weighted by atomic mass is 10.00.